The smallest absolute Gasteiger partial charge is 0.285 e. The zero-order chi connectivity index (χ0) is 20.0. The van der Waals surface area contributed by atoms with Crippen LogP contribution in [0, 0.1) is 5.92 Å². The third-order valence-corrected chi connectivity index (χ3v) is 6.65. The normalized spacial score (nSPS) is 24.4. The average molecular weight is 396 g/mol. The summed E-state index contributed by atoms with van der Waals surface area (Å²) in [5.74, 6) is 1.27. The van der Waals surface area contributed by atoms with E-state index in [0.717, 1.165) is 57.7 Å². The predicted molar refractivity (Wildman–Crippen MR) is 108 cm³/mol. The minimum atomic E-state index is -0.393. The van der Waals surface area contributed by atoms with Crippen LogP contribution in [0.1, 0.15) is 59.8 Å². The van der Waals surface area contributed by atoms with Gasteiger partial charge in [0.2, 0.25) is 0 Å². The summed E-state index contributed by atoms with van der Waals surface area (Å²) in [6.45, 7) is 3.55. The second-order valence-electron chi connectivity index (χ2n) is 8.86. The molecule has 0 aromatic carbocycles. The summed E-state index contributed by atoms with van der Waals surface area (Å²) in [5.41, 5.74) is 0.995. The lowest BCUT2D eigenvalue weighted by molar-refractivity contribution is 0.0925. The summed E-state index contributed by atoms with van der Waals surface area (Å²) < 4.78 is 3.86. The molecule has 0 spiro atoms. The molecule has 8 heteroatoms. The van der Waals surface area contributed by atoms with Crippen LogP contribution < -0.4 is 10.9 Å². The van der Waals surface area contributed by atoms with Crippen LogP contribution in [0.4, 0.5) is 0 Å². The van der Waals surface area contributed by atoms with E-state index in [-0.39, 0.29) is 23.4 Å². The van der Waals surface area contributed by atoms with Gasteiger partial charge in [-0.15, -0.1) is 0 Å². The van der Waals surface area contributed by atoms with Crippen LogP contribution in [0.25, 0.3) is 0 Å². The average Bonchev–Trinajstić information content (AvgIpc) is 3.37. The molecule has 2 atom stereocenters. The first kappa shape index (κ1) is 18.5. The van der Waals surface area contributed by atoms with Gasteiger partial charge in [0.15, 0.2) is 0 Å². The molecule has 0 radical (unpaired) electrons. The van der Waals surface area contributed by atoms with Gasteiger partial charge >= 0.3 is 0 Å². The van der Waals surface area contributed by atoms with Crippen molar-refractivity contribution in [2.75, 3.05) is 13.1 Å². The van der Waals surface area contributed by atoms with Crippen molar-refractivity contribution in [1.29, 1.82) is 0 Å². The standard InChI is InChI=1S/C21H28N6O2/c1-25-8-14(7-22-25)9-26-10-15-11-27-13-18(21(29)24-19(27)17(15)12-26)20(28)23-16-5-3-2-4-6-16/h7-8,13,15-17H,2-6,9-12H2,1H3,(H,23,28). The Kier molecular flexibility index (Phi) is 4.73. The highest BCUT2D eigenvalue weighted by Gasteiger charge is 2.41. The lowest BCUT2D eigenvalue weighted by Crippen LogP contribution is -2.39. The lowest BCUT2D eigenvalue weighted by Gasteiger charge is -2.22. The maximum Gasteiger partial charge on any atom is 0.285 e. The first-order chi connectivity index (χ1) is 14.1. The molecule has 2 fully saturated rings. The van der Waals surface area contributed by atoms with Gasteiger partial charge in [0.1, 0.15) is 11.4 Å². The third kappa shape index (κ3) is 3.61. The van der Waals surface area contributed by atoms with Crippen molar-refractivity contribution >= 4 is 5.91 Å². The minimum Gasteiger partial charge on any atom is -0.349 e. The van der Waals surface area contributed by atoms with Crippen LogP contribution in [-0.4, -0.2) is 49.3 Å². The number of aromatic nitrogens is 4. The van der Waals surface area contributed by atoms with Crippen molar-refractivity contribution in [3.8, 4) is 0 Å². The molecule has 1 aliphatic carbocycles. The minimum absolute atomic E-state index is 0.187. The highest BCUT2D eigenvalue weighted by Crippen LogP contribution is 2.38. The van der Waals surface area contributed by atoms with Gasteiger partial charge in [-0.2, -0.15) is 10.1 Å². The SMILES string of the molecule is Cn1cc(CN2CC3Cn4cc(C(=O)NC5CCCCC5)c(=O)nc4C3C2)cn1. The second-order valence-corrected chi connectivity index (χ2v) is 8.86. The molecular weight excluding hydrogens is 368 g/mol. The molecule has 1 N–H and O–H groups in total. The van der Waals surface area contributed by atoms with Crippen LogP contribution in [-0.2, 0) is 20.1 Å². The topological polar surface area (TPSA) is 85.0 Å². The summed E-state index contributed by atoms with van der Waals surface area (Å²) in [4.78, 5) is 32.0. The first-order valence-electron chi connectivity index (χ1n) is 10.7. The Balaban J connectivity index is 1.29. The van der Waals surface area contributed by atoms with E-state index >= 15 is 0 Å². The Morgan fingerprint density at radius 2 is 2.00 bits per heavy atom. The van der Waals surface area contributed by atoms with E-state index in [2.05, 4.69) is 20.3 Å². The summed E-state index contributed by atoms with van der Waals surface area (Å²) in [6, 6.07) is 0.189. The largest absolute Gasteiger partial charge is 0.349 e. The number of carbonyl (C=O) groups excluding carboxylic acids is 1. The van der Waals surface area contributed by atoms with Crippen molar-refractivity contribution in [1.82, 2.24) is 29.5 Å². The van der Waals surface area contributed by atoms with Crippen molar-refractivity contribution in [2.24, 2.45) is 13.0 Å². The number of nitrogens with one attached hydrogen (secondary N) is 1. The number of carbonyl (C=O) groups is 1. The van der Waals surface area contributed by atoms with Crippen molar-refractivity contribution in [3.05, 3.63) is 45.9 Å². The number of aryl methyl sites for hydroxylation is 1. The molecule has 2 unspecified atom stereocenters. The molecule has 29 heavy (non-hydrogen) atoms. The lowest BCUT2D eigenvalue weighted by atomic mass is 9.95. The van der Waals surface area contributed by atoms with Gasteiger partial charge in [-0.25, -0.2) is 0 Å². The quantitative estimate of drug-likeness (QED) is 0.841. The van der Waals surface area contributed by atoms with E-state index in [1.54, 1.807) is 6.20 Å². The highest BCUT2D eigenvalue weighted by molar-refractivity contribution is 5.93. The van der Waals surface area contributed by atoms with Gasteiger partial charge in [0.05, 0.1) is 6.20 Å². The number of rotatable bonds is 4. The molecular formula is C21H28N6O2. The van der Waals surface area contributed by atoms with Gasteiger partial charge in [0, 0.05) is 69.1 Å². The Morgan fingerprint density at radius 3 is 2.76 bits per heavy atom. The molecule has 1 saturated carbocycles. The zero-order valence-corrected chi connectivity index (χ0v) is 16.9. The van der Waals surface area contributed by atoms with Crippen molar-refractivity contribution in [3.63, 3.8) is 0 Å². The zero-order valence-electron chi connectivity index (χ0n) is 16.9. The number of amides is 1. The summed E-state index contributed by atoms with van der Waals surface area (Å²) in [7, 11) is 1.93. The van der Waals surface area contributed by atoms with Crippen LogP contribution >= 0.6 is 0 Å². The molecule has 2 aliphatic heterocycles. The fraction of sp³-hybridized carbons (Fsp3) is 0.619. The maximum absolute atomic E-state index is 12.7. The van der Waals surface area contributed by atoms with E-state index in [4.69, 9.17) is 0 Å². The fourth-order valence-corrected chi connectivity index (χ4v) is 5.25. The maximum atomic E-state index is 12.7. The van der Waals surface area contributed by atoms with Gasteiger partial charge in [-0.1, -0.05) is 19.3 Å². The van der Waals surface area contributed by atoms with Gasteiger partial charge in [-0.3, -0.25) is 19.2 Å². The molecule has 4 heterocycles. The molecule has 1 saturated heterocycles. The number of hydrogen-bond acceptors (Lipinski definition) is 5. The summed E-state index contributed by atoms with van der Waals surface area (Å²) in [6.07, 6.45) is 11.2. The van der Waals surface area contributed by atoms with E-state index in [1.165, 1.54) is 12.0 Å². The molecule has 0 bridgehead atoms. The molecule has 154 valence electrons. The summed E-state index contributed by atoms with van der Waals surface area (Å²) in [5, 5.41) is 7.29. The Labute approximate surface area is 169 Å². The number of hydrogen-bond donors (Lipinski definition) is 1. The Hall–Kier alpha value is -2.48. The van der Waals surface area contributed by atoms with E-state index in [9.17, 15) is 9.59 Å². The van der Waals surface area contributed by atoms with Crippen LogP contribution in [0.2, 0.25) is 0 Å². The third-order valence-electron chi connectivity index (χ3n) is 6.65. The van der Waals surface area contributed by atoms with Crippen molar-refractivity contribution < 1.29 is 4.79 Å². The Bertz CT molecular complexity index is 974. The molecule has 2 aromatic rings. The molecule has 5 rings (SSSR count). The monoisotopic (exact) mass is 396 g/mol. The van der Waals surface area contributed by atoms with E-state index < -0.39 is 5.56 Å². The van der Waals surface area contributed by atoms with E-state index in [1.807, 2.05) is 28.7 Å². The van der Waals surface area contributed by atoms with Crippen LogP contribution in [0.3, 0.4) is 0 Å². The van der Waals surface area contributed by atoms with Crippen LogP contribution in [0.5, 0.6) is 0 Å². The van der Waals surface area contributed by atoms with Crippen LogP contribution in [0.15, 0.2) is 23.4 Å². The molecule has 8 nitrogen and oxygen atoms in total. The van der Waals surface area contributed by atoms with Gasteiger partial charge < -0.3 is 9.88 Å². The molecule has 2 aromatic heterocycles. The second kappa shape index (κ2) is 7.40. The molecule has 1 amide bonds. The van der Waals surface area contributed by atoms with Gasteiger partial charge in [0.25, 0.3) is 11.5 Å². The predicted octanol–water partition coefficient (Wildman–Crippen LogP) is 1.27. The van der Waals surface area contributed by atoms with Gasteiger partial charge in [-0.05, 0) is 12.8 Å². The number of likely N-dealkylation sites (tertiary alicyclic amines) is 1. The number of fused-ring (bicyclic) bond motifs is 3. The number of nitrogens with zero attached hydrogens (tertiary/aromatic N) is 5. The molecule has 3 aliphatic rings. The van der Waals surface area contributed by atoms with Crippen molar-refractivity contribution in [2.45, 2.75) is 57.2 Å². The first-order valence-corrected chi connectivity index (χ1v) is 10.7. The van der Waals surface area contributed by atoms with E-state index in [0.29, 0.717) is 5.92 Å². The summed E-state index contributed by atoms with van der Waals surface area (Å²) >= 11 is 0. The Morgan fingerprint density at radius 1 is 1.17 bits per heavy atom. The highest BCUT2D eigenvalue weighted by atomic mass is 16.2. The fourth-order valence-electron chi connectivity index (χ4n) is 5.25.